The topological polar surface area (TPSA) is 108 Å². The fourth-order valence-electron chi connectivity index (χ4n) is 2.32. The molecule has 0 aliphatic heterocycles. The first-order chi connectivity index (χ1) is 11.9. The minimum Gasteiger partial charge on any atom is -0.477 e. The second kappa shape index (κ2) is 7.84. The number of benzene rings is 1. The maximum Gasteiger partial charge on any atom is 0.346 e. The summed E-state index contributed by atoms with van der Waals surface area (Å²) in [6, 6.07) is 6.69. The second-order valence-corrected chi connectivity index (χ2v) is 6.24. The lowest BCUT2D eigenvalue weighted by molar-refractivity contribution is -0.383. The number of carboxylic acid groups (broad SMARTS) is 1. The summed E-state index contributed by atoms with van der Waals surface area (Å²) in [4.78, 5) is 23.4. The Kier molecular flexibility index (Phi) is 5.81. The van der Waals surface area contributed by atoms with E-state index in [1.54, 1.807) is 6.07 Å². The smallest absolute Gasteiger partial charge is 0.346 e. The first-order valence-corrected chi connectivity index (χ1v) is 8.47. The van der Waals surface area contributed by atoms with Crippen molar-refractivity contribution in [2.24, 2.45) is 10.2 Å². The first-order valence-electron chi connectivity index (χ1n) is 7.66. The van der Waals surface area contributed by atoms with Crippen molar-refractivity contribution in [3.63, 3.8) is 0 Å². The molecule has 8 nitrogen and oxygen atoms in total. The van der Waals surface area contributed by atoms with Crippen LogP contribution in [0, 0.1) is 17.0 Å². The molecule has 0 aliphatic carbocycles. The van der Waals surface area contributed by atoms with Gasteiger partial charge < -0.3 is 10.0 Å². The molecule has 25 heavy (non-hydrogen) atoms. The molecule has 1 aromatic carbocycles. The Labute approximate surface area is 148 Å². The van der Waals surface area contributed by atoms with Gasteiger partial charge in [-0.3, -0.25) is 10.1 Å². The van der Waals surface area contributed by atoms with Crippen molar-refractivity contribution in [3.05, 3.63) is 44.8 Å². The van der Waals surface area contributed by atoms with Gasteiger partial charge in [0.25, 0.3) is 0 Å². The molecule has 0 saturated heterocycles. The monoisotopic (exact) mass is 362 g/mol. The lowest BCUT2D eigenvalue weighted by Crippen LogP contribution is -2.21. The molecule has 9 heteroatoms. The van der Waals surface area contributed by atoms with Crippen LogP contribution < -0.4 is 4.90 Å². The minimum atomic E-state index is -1.23. The molecular weight excluding hydrogens is 344 g/mol. The van der Waals surface area contributed by atoms with E-state index in [1.165, 1.54) is 0 Å². The van der Waals surface area contributed by atoms with Crippen LogP contribution in [0.5, 0.6) is 0 Å². The maximum atomic E-state index is 11.0. The summed E-state index contributed by atoms with van der Waals surface area (Å²) in [5.41, 5.74) is 2.17. The van der Waals surface area contributed by atoms with Crippen LogP contribution in [0.15, 0.2) is 34.5 Å². The largest absolute Gasteiger partial charge is 0.477 e. The molecule has 0 bridgehead atoms. The van der Waals surface area contributed by atoms with Gasteiger partial charge in [0, 0.05) is 24.8 Å². The zero-order valence-electron chi connectivity index (χ0n) is 14.1. The Bertz CT molecular complexity index is 828. The van der Waals surface area contributed by atoms with Crippen molar-refractivity contribution in [3.8, 4) is 0 Å². The van der Waals surface area contributed by atoms with Gasteiger partial charge >= 0.3 is 11.7 Å². The summed E-state index contributed by atoms with van der Waals surface area (Å²) in [7, 11) is 0. The Morgan fingerprint density at radius 3 is 2.48 bits per heavy atom. The molecule has 0 radical (unpaired) electrons. The fraction of sp³-hybridized carbons (Fsp3) is 0.312. The zero-order valence-corrected chi connectivity index (χ0v) is 14.9. The lowest BCUT2D eigenvalue weighted by atomic mass is 10.1. The molecule has 0 aliphatic rings. The molecule has 1 N–H and O–H groups in total. The van der Waals surface area contributed by atoms with Gasteiger partial charge in [-0.1, -0.05) is 0 Å². The number of anilines is 1. The van der Waals surface area contributed by atoms with Crippen molar-refractivity contribution in [1.29, 1.82) is 0 Å². The number of aromatic carboxylic acids is 1. The molecule has 1 aromatic heterocycles. The number of thiophene rings is 1. The quantitative estimate of drug-likeness (QED) is 0.427. The highest BCUT2D eigenvalue weighted by Gasteiger charge is 2.22. The normalized spacial score (nSPS) is 11.0. The Hall–Kier alpha value is -2.81. The maximum absolute atomic E-state index is 11.0. The summed E-state index contributed by atoms with van der Waals surface area (Å²) in [6.07, 6.45) is 0. The first kappa shape index (κ1) is 18.5. The summed E-state index contributed by atoms with van der Waals surface area (Å²) < 4.78 is 0. The number of azo groups is 1. The Morgan fingerprint density at radius 2 is 1.96 bits per heavy atom. The molecule has 1 heterocycles. The van der Waals surface area contributed by atoms with E-state index in [0.29, 0.717) is 5.69 Å². The van der Waals surface area contributed by atoms with E-state index in [0.717, 1.165) is 41.7 Å². The van der Waals surface area contributed by atoms with E-state index < -0.39 is 10.9 Å². The molecule has 0 fully saturated rings. The van der Waals surface area contributed by atoms with Gasteiger partial charge in [0.2, 0.25) is 5.00 Å². The van der Waals surface area contributed by atoms with Crippen LogP contribution in [-0.2, 0) is 0 Å². The Balaban J connectivity index is 2.33. The molecule has 0 atom stereocenters. The van der Waals surface area contributed by atoms with Gasteiger partial charge in [0.15, 0.2) is 0 Å². The number of rotatable bonds is 7. The van der Waals surface area contributed by atoms with Gasteiger partial charge in [-0.25, -0.2) is 4.79 Å². The highest BCUT2D eigenvalue weighted by Crippen LogP contribution is 2.38. The van der Waals surface area contributed by atoms with Gasteiger partial charge in [0.05, 0.1) is 10.6 Å². The van der Waals surface area contributed by atoms with E-state index in [2.05, 4.69) is 29.0 Å². The van der Waals surface area contributed by atoms with Crippen LogP contribution in [0.1, 0.15) is 29.1 Å². The predicted octanol–water partition coefficient (Wildman–Crippen LogP) is 4.92. The highest BCUT2D eigenvalue weighted by atomic mass is 32.1. The zero-order chi connectivity index (χ0) is 18.6. The van der Waals surface area contributed by atoms with Crippen LogP contribution in [-0.4, -0.2) is 29.1 Å². The summed E-state index contributed by atoms with van der Waals surface area (Å²) in [5, 5.41) is 27.9. The fourth-order valence-corrected chi connectivity index (χ4v) is 3.10. The molecule has 2 aromatic rings. The number of carboxylic acids is 1. The van der Waals surface area contributed by atoms with Gasteiger partial charge in [-0.2, -0.15) is 0 Å². The molecule has 132 valence electrons. The van der Waals surface area contributed by atoms with Crippen LogP contribution in [0.25, 0.3) is 0 Å². The van der Waals surface area contributed by atoms with Crippen molar-refractivity contribution in [2.75, 3.05) is 18.0 Å². The van der Waals surface area contributed by atoms with Gasteiger partial charge in [-0.05, 0) is 44.5 Å². The number of hydrogen-bond acceptors (Lipinski definition) is 7. The number of hydrogen-bond donors (Lipinski definition) is 1. The third-order valence-electron chi connectivity index (χ3n) is 3.66. The van der Waals surface area contributed by atoms with Crippen LogP contribution >= 0.6 is 11.3 Å². The van der Waals surface area contributed by atoms with E-state index in [4.69, 9.17) is 5.11 Å². The SMILES string of the molecule is CCN(CC)c1ccc(N=Nc2sc(C(=O)O)cc2[N+](=O)[O-])c(C)c1. The van der Waals surface area contributed by atoms with Gasteiger partial charge in [-0.15, -0.1) is 21.6 Å². The van der Waals surface area contributed by atoms with Crippen molar-refractivity contribution in [2.45, 2.75) is 20.8 Å². The average molecular weight is 362 g/mol. The van der Waals surface area contributed by atoms with Crippen molar-refractivity contribution >= 4 is 39.4 Å². The molecule has 0 unspecified atom stereocenters. The average Bonchev–Trinajstić information content (AvgIpc) is 3.00. The molecule has 2 rings (SSSR count). The number of nitrogens with zero attached hydrogens (tertiary/aromatic N) is 4. The van der Waals surface area contributed by atoms with Crippen LogP contribution in [0.2, 0.25) is 0 Å². The summed E-state index contributed by atoms with van der Waals surface area (Å²) >= 11 is 0.726. The van der Waals surface area contributed by atoms with Gasteiger partial charge in [0.1, 0.15) is 4.88 Å². The standard InChI is InChI=1S/C16H18N4O4S/c1-4-19(5-2)11-6-7-12(10(3)8-11)17-18-15-13(20(23)24)9-14(25-15)16(21)22/h6-9H,4-5H2,1-3H3,(H,21,22). The summed E-state index contributed by atoms with van der Waals surface area (Å²) in [6.45, 7) is 7.80. The molecule has 0 spiro atoms. The van der Waals surface area contributed by atoms with Crippen LogP contribution in [0.4, 0.5) is 22.1 Å². The van der Waals surface area contributed by atoms with Crippen molar-refractivity contribution in [1.82, 2.24) is 0 Å². The minimum absolute atomic E-state index is 0.0328. The van der Waals surface area contributed by atoms with E-state index in [9.17, 15) is 14.9 Å². The third-order valence-corrected chi connectivity index (χ3v) is 4.66. The number of nitro groups is 1. The van der Waals surface area contributed by atoms with E-state index in [-0.39, 0.29) is 15.6 Å². The summed E-state index contributed by atoms with van der Waals surface area (Å²) in [5.74, 6) is -1.23. The third kappa shape index (κ3) is 4.18. The molecular formula is C16H18N4O4S. The predicted molar refractivity (Wildman–Crippen MR) is 96.8 cm³/mol. The molecule has 0 amide bonds. The highest BCUT2D eigenvalue weighted by molar-refractivity contribution is 7.18. The molecule has 0 saturated carbocycles. The van der Waals surface area contributed by atoms with Crippen LogP contribution in [0.3, 0.4) is 0 Å². The number of carbonyl (C=O) groups is 1. The second-order valence-electron chi connectivity index (χ2n) is 5.21. The van der Waals surface area contributed by atoms with Crippen molar-refractivity contribution < 1.29 is 14.8 Å². The Morgan fingerprint density at radius 1 is 1.28 bits per heavy atom. The number of aryl methyl sites for hydroxylation is 1. The van der Waals surface area contributed by atoms with E-state index in [1.807, 2.05) is 19.1 Å². The van der Waals surface area contributed by atoms with E-state index >= 15 is 0 Å². The lowest BCUT2D eigenvalue weighted by Gasteiger charge is -2.21.